The maximum Gasteiger partial charge on any atom is 0.251 e. The first-order chi connectivity index (χ1) is 6.02. The van der Waals surface area contributed by atoms with E-state index in [1.165, 1.54) is 17.6 Å². The van der Waals surface area contributed by atoms with Crippen molar-refractivity contribution in [2.75, 3.05) is 0 Å². The van der Waals surface area contributed by atoms with E-state index in [9.17, 15) is 9.59 Å². The summed E-state index contributed by atoms with van der Waals surface area (Å²) in [5, 5.41) is 0. The molecule has 0 saturated heterocycles. The zero-order valence-electron chi connectivity index (χ0n) is 8.07. The van der Waals surface area contributed by atoms with Crippen LogP contribution in [0.5, 0.6) is 0 Å². The summed E-state index contributed by atoms with van der Waals surface area (Å²) in [5.74, 6) is -0.00838. The SMILES string of the molecule is CC(=O)C(C)n1ccc(C)cc1=O. The number of Topliss-reactive ketones (excluding diaryl/α,β-unsaturated/α-hetero) is 1. The van der Waals surface area contributed by atoms with E-state index >= 15 is 0 Å². The minimum atomic E-state index is -0.368. The number of ketones is 1. The Balaban J connectivity index is 3.16. The second-order valence-electron chi connectivity index (χ2n) is 3.24. The molecule has 1 aromatic rings. The Morgan fingerprint density at radius 1 is 1.54 bits per heavy atom. The minimum absolute atomic E-state index is 0.00838. The fourth-order valence-electron chi connectivity index (χ4n) is 1.10. The van der Waals surface area contributed by atoms with Gasteiger partial charge in [-0.1, -0.05) is 0 Å². The number of carbonyl (C=O) groups excluding carboxylic acids is 1. The zero-order valence-corrected chi connectivity index (χ0v) is 8.07. The zero-order chi connectivity index (χ0) is 10.0. The van der Waals surface area contributed by atoms with Crippen LogP contribution in [-0.4, -0.2) is 10.4 Å². The van der Waals surface area contributed by atoms with Crippen molar-refractivity contribution in [3.8, 4) is 0 Å². The Kier molecular flexibility index (Phi) is 2.66. The quantitative estimate of drug-likeness (QED) is 0.686. The molecule has 0 aromatic carbocycles. The summed E-state index contributed by atoms with van der Waals surface area (Å²) < 4.78 is 1.44. The molecule has 0 fully saturated rings. The maximum absolute atomic E-state index is 11.4. The van der Waals surface area contributed by atoms with E-state index in [-0.39, 0.29) is 17.4 Å². The number of aromatic nitrogens is 1. The van der Waals surface area contributed by atoms with Crippen LogP contribution < -0.4 is 5.56 Å². The van der Waals surface area contributed by atoms with Crippen molar-refractivity contribution in [3.63, 3.8) is 0 Å². The first kappa shape index (κ1) is 9.71. The van der Waals surface area contributed by atoms with Crippen LogP contribution >= 0.6 is 0 Å². The number of pyridine rings is 1. The third-order valence-corrected chi connectivity index (χ3v) is 2.11. The van der Waals surface area contributed by atoms with Crippen molar-refractivity contribution < 1.29 is 4.79 Å². The molecule has 1 aromatic heterocycles. The van der Waals surface area contributed by atoms with Gasteiger partial charge in [0.25, 0.3) is 5.56 Å². The number of nitrogens with zero attached hydrogens (tertiary/aromatic N) is 1. The standard InChI is InChI=1S/C10H13NO2/c1-7-4-5-11(10(13)6-7)8(2)9(3)12/h4-6,8H,1-3H3. The van der Waals surface area contributed by atoms with Gasteiger partial charge in [-0.05, 0) is 32.4 Å². The molecule has 1 heterocycles. The first-order valence-corrected chi connectivity index (χ1v) is 4.21. The Hall–Kier alpha value is -1.38. The van der Waals surface area contributed by atoms with Crippen LogP contribution in [0.3, 0.4) is 0 Å². The van der Waals surface area contributed by atoms with Crippen molar-refractivity contribution >= 4 is 5.78 Å². The van der Waals surface area contributed by atoms with Crippen molar-refractivity contribution in [3.05, 3.63) is 34.2 Å². The van der Waals surface area contributed by atoms with E-state index in [0.29, 0.717) is 0 Å². The van der Waals surface area contributed by atoms with Gasteiger partial charge in [0.05, 0.1) is 6.04 Å². The highest BCUT2D eigenvalue weighted by Crippen LogP contribution is 2.03. The first-order valence-electron chi connectivity index (χ1n) is 4.21. The molecule has 1 rings (SSSR count). The van der Waals surface area contributed by atoms with Gasteiger partial charge in [-0.25, -0.2) is 0 Å². The summed E-state index contributed by atoms with van der Waals surface area (Å²) in [4.78, 5) is 22.4. The summed E-state index contributed by atoms with van der Waals surface area (Å²) in [6, 6.07) is 2.98. The van der Waals surface area contributed by atoms with E-state index in [4.69, 9.17) is 0 Å². The number of hydrogen-bond acceptors (Lipinski definition) is 2. The monoisotopic (exact) mass is 179 g/mol. The van der Waals surface area contributed by atoms with Crippen LogP contribution in [0.25, 0.3) is 0 Å². The van der Waals surface area contributed by atoms with E-state index < -0.39 is 0 Å². The van der Waals surface area contributed by atoms with E-state index in [0.717, 1.165) is 5.56 Å². The summed E-state index contributed by atoms with van der Waals surface area (Å²) in [6.45, 7) is 5.06. The maximum atomic E-state index is 11.4. The van der Waals surface area contributed by atoms with Crippen molar-refractivity contribution in [2.24, 2.45) is 0 Å². The third kappa shape index (κ3) is 2.05. The molecule has 0 aliphatic carbocycles. The lowest BCUT2D eigenvalue weighted by atomic mass is 10.2. The van der Waals surface area contributed by atoms with Gasteiger partial charge in [-0.2, -0.15) is 0 Å². The molecule has 0 N–H and O–H groups in total. The van der Waals surface area contributed by atoms with E-state index in [1.54, 1.807) is 13.1 Å². The van der Waals surface area contributed by atoms with Crippen molar-refractivity contribution in [2.45, 2.75) is 26.8 Å². The second kappa shape index (κ2) is 3.56. The van der Waals surface area contributed by atoms with E-state index in [1.807, 2.05) is 13.0 Å². The molecule has 0 amide bonds. The molecule has 70 valence electrons. The smallest absolute Gasteiger partial charge is 0.251 e. The number of aryl methyl sites for hydroxylation is 1. The lowest BCUT2D eigenvalue weighted by Gasteiger charge is -2.11. The van der Waals surface area contributed by atoms with Crippen molar-refractivity contribution in [1.29, 1.82) is 0 Å². The predicted octanol–water partition coefficient (Wildman–Crippen LogP) is 1.31. The Morgan fingerprint density at radius 2 is 2.15 bits per heavy atom. The summed E-state index contributed by atoms with van der Waals surface area (Å²) in [5.41, 5.74) is 0.791. The Labute approximate surface area is 77.0 Å². The molecule has 1 unspecified atom stereocenters. The normalized spacial score (nSPS) is 12.5. The van der Waals surface area contributed by atoms with Crippen LogP contribution in [0.2, 0.25) is 0 Å². The van der Waals surface area contributed by atoms with Crippen LogP contribution in [-0.2, 0) is 4.79 Å². The molecule has 0 aliphatic heterocycles. The summed E-state index contributed by atoms with van der Waals surface area (Å²) >= 11 is 0. The van der Waals surface area contributed by atoms with Crippen LogP contribution in [0.4, 0.5) is 0 Å². The number of carbonyl (C=O) groups is 1. The second-order valence-corrected chi connectivity index (χ2v) is 3.24. The highest BCUT2D eigenvalue weighted by atomic mass is 16.1. The van der Waals surface area contributed by atoms with Gasteiger partial charge >= 0.3 is 0 Å². The van der Waals surface area contributed by atoms with Crippen LogP contribution in [0, 0.1) is 6.92 Å². The summed E-state index contributed by atoms with van der Waals surface area (Å²) in [6.07, 6.45) is 1.66. The van der Waals surface area contributed by atoms with Gasteiger partial charge in [0, 0.05) is 12.3 Å². The van der Waals surface area contributed by atoms with Crippen molar-refractivity contribution in [1.82, 2.24) is 4.57 Å². The Morgan fingerprint density at radius 3 is 2.62 bits per heavy atom. The van der Waals surface area contributed by atoms with Gasteiger partial charge in [-0.3, -0.25) is 9.59 Å². The average Bonchev–Trinajstić information content (AvgIpc) is 2.03. The number of rotatable bonds is 2. The molecule has 3 heteroatoms. The fourth-order valence-corrected chi connectivity index (χ4v) is 1.10. The average molecular weight is 179 g/mol. The summed E-state index contributed by atoms with van der Waals surface area (Å²) in [7, 11) is 0. The van der Waals surface area contributed by atoms with Crippen LogP contribution in [0.15, 0.2) is 23.1 Å². The lowest BCUT2D eigenvalue weighted by Crippen LogP contribution is -2.25. The van der Waals surface area contributed by atoms with Gasteiger partial charge < -0.3 is 4.57 Å². The fraction of sp³-hybridized carbons (Fsp3) is 0.400. The number of hydrogen-bond donors (Lipinski definition) is 0. The topological polar surface area (TPSA) is 39.1 Å². The van der Waals surface area contributed by atoms with Gasteiger partial charge in [0.15, 0.2) is 5.78 Å². The molecule has 0 saturated carbocycles. The molecule has 0 radical (unpaired) electrons. The highest BCUT2D eigenvalue weighted by Gasteiger charge is 2.10. The molecule has 3 nitrogen and oxygen atoms in total. The minimum Gasteiger partial charge on any atom is -0.305 e. The van der Waals surface area contributed by atoms with Gasteiger partial charge in [0.1, 0.15) is 0 Å². The molecule has 0 spiro atoms. The molecule has 0 bridgehead atoms. The molecule has 0 aliphatic rings. The Bertz CT molecular complexity index is 379. The van der Waals surface area contributed by atoms with E-state index in [2.05, 4.69) is 0 Å². The van der Waals surface area contributed by atoms with Gasteiger partial charge in [-0.15, -0.1) is 0 Å². The predicted molar refractivity (Wildman–Crippen MR) is 50.8 cm³/mol. The molecular formula is C10H13NO2. The molecule has 13 heavy (non-hydrogen) atoms. The largest absolute Gasteiger partial charge is 0.305 e. The lowest BCUT2D eigenvalue weighted by molar-refractivity contribution is -0.119. The molecular weight excluding hydrogens is 166 g/mol. The van der Waals surface area contributed by atoms with Gasteiger partial charge in [0.2, 0.25) is 0 Å². The molecule has 1 atom stereocenters. The van der Waals surface area contributed by atoms with Crippen LogP contribution in [0.1, 0.15) is 25.5 Å². The highest BCUT2D eigenvalue weighted by molar-refractivity contribution is 5.79. The third-order valence-electron chi connectivity index (χ3n) is 2.11.